The lowest BCUT2D eigenvalue weighted by Gasteiger charge is -2.47. The standard InChI is InChI=1S/C43H54BrN7O5/c1-27(30-9-8-10-31(44)21-30)46-40-34-22-36(55-7)37(23-35(34)47-28(2)48-40)56-26-42(3,4)25-43(5,6)51-19-17-50(18-20-51)39(53)24-45-32-13-11-29(12-14-32)33-15-16-38(52)49-41(33)54/h8-14,21-23,27,33,45H,15-20,24-26H2,1-7H3,(H,46,47,48)(H,49,52,54)/t27-,33?/m1/s1. The van der Waals surface area contributed by atoms with Crippen LogP contribution in [0.15, 0.2) is 65.1 Å². The van der Waals surface area contributed by atoms with E-state index in [2.05, 4.69) is 83.5 Å². The van der Waals surface area contributed by atoms with Gasteiger partial charge in [-0.2, -0.15) is 0 Å². The Morgan fingerprint density at radius 2 is 1.73 bits per heavy atom. The predicted octanol–water partition coefficient (Wildman–Crippen LogP) is 7.23. The van der Waals surface area contributed by atoms with Gasteiger partial charge in [0.05, 0.1) is 37.7 Å². The summed E-state index contributed by atoms with van der Waals surface area (Å²) in [6.07, 6.45) is 1.73. The van der Waals surface area contributed by atoms with Gasteiger partial charge < -0.3 is 25.0 Å². The number of amides is 3. The van der Waals surface area contributed by atoms with Crippen LogP contribution in [-0.4, -0.2) is 89.5 Å². The van der Waals surface area contributed by atoms with E-state index in [9.17, 15) is 14.4 Å². The highest BCUT2D eigenvalue weighted by atomic mass is 79.9. The first-order valence-electron chi connectivity index (χ1n) is 19.3. The summed E-state index contributed by atoms with van der Waals surface area (Å²) in [6.45, 7) is 16.5. The van der Waals surface area contributed by atoms with Crippen LogP contribution in [0, 0.1) is 12.3 Å². The van der Waals surface area contributed by atoms with E-state index in [1.54, 1.807) is 7.11 Å². The highest BCUT2D eigenvalue weighted by Crippen LogP contribution is 2.38. The molecule has 0 aliphatic carbocycles. The Balaban J connectivity index is 1.01. The van der Waals surface area contributed by atoms with Gasteiger partial charge >= 0.3 is 0 Å². The van der Waals surface area contributed by atoms with E-state index in [1.165, 1.54) is 0 Å². The molecule has 56 heavy (non-hydrogen) atoms. The number of benzene rings is 3. The van der Waals surface area contributed by atoms with Gasteiger partial charge in [0.25, 0.3) is 0 Å². The number of nitrogens with zero attached hydrogens (tertiary/aromatic N) is 4. The van der Waals surface area contributed by atoms with Crippen molar-refractivity contribution in [2.75, 3.05) is 57.1 Å². The molecule has 0 spiro atoms. The Labute approximate surface area is 338 Å². The van der Waals surface area contributed by atoms with Crippen molar-refractivity contribution in [1.82, 2.24) is 25.1 Å². The molecule has 0 saturated carbocycles. The molecule has 1 aromatic heterocycles. The summed E-state index contributed by atoms with van der Waals surface area (Å²) in [5.74, 6) is 1.91. The van der Waals surface area contributed by atoms with Crippen molar-refractivity contribution in [3.8, 4) is 11.5 Å². The first-order chi connectivity index (χ1) is 26.6. The number of halogens is 1. The number of methoxy groups -OCH3 is 1. The van der Waals surface area contributed by atoms with Crippen molar-refractivity contribution in [1.29, 1.82) is 0 Å². The number of carbonyl (C=O) groups excluding carboxylic acids is 3. The third kappa shape index (κ3) is 9.97. The van der Waals surface area contributed by atoms with Crippen molar-refractivity contribution < 1.29 is 23.9 Å². The summed E-state index contributed by atoms with van der Waals surface area (Å²) in [7, 11) is 1.65. The number of aryl methyl sites for hydroxylation is 1. The smallest absolute Gasteiger partial charge is 0.241 e. The van der Waals surface area contributed by atoms with Crippen molar-refractivity contribution in [3.05, 3.63) is 82.1 Å². The number of piperidine rings is 1. The number of ether oxygens (including phenoxy) is 2. The monoisotopic (exact) mass is 827 g/mol. The highest BCUT2D eigenvalue weighted by molar-refractivity contribution is 9.10. The summed E-state index contributed by atoms with van der Waals surface area (Å²) >= 11 is 3.57. The molecule has 6 rings (SSSR count). The van der Waals surface area contributed by atoms with E-state index in [0.717, 1.165) is 57.5 Å². The molecule has 2 atom stereocenters. The molecule has 2 fully saturated rings. The van der Waals surface area contributed by atoms with Crippen LogP contribution in [0.5, 0.6) is 11.5 Å². The van der Waals surface area contributed by atoms with Gasteiger partial charge in [0, 0.05) is 65.2 Å². The third-order valence-electron chi connectivity index (χ3n) is 10.8. The number of fused-ring (bicyclic) bond motifs is 1. The van der Waals surface area contributed by atoms with Crippen LogP contribution in [0.2, 0.25) is 0 Å². The number of hydrogen-bond donors (Lipinski definition) is 3. The molecule has 2 saturated heterocycles. The number of rotatable bonds is 14. The average molecular weight is 829 g/mol. The van der Waals surface area contributed by atoms with Crippen LogP contribution in [0.3, 0.4) is 0 Å². The lowest BCUT2D eigenvalue weighted by Crippen LogP contribution is -2.57. The van der Waals surface area contributed by atoms with E-state index in [4.69, 9.17) is 19.4 Å². The molecule has 0 radical (unpaired) electrons. The maximum atomic E-state index is 13.2. The molecular formula is C43H54BrN7O5. The van der Waals surface area contributed by atoms with E-state index in [1.807, 2.05) is 60.4 Å². The van der Waals surface area contributed by atoms with Gasteiger partial charge in [0.1, 0.15) is 11.6 Å². The summed E-state index contributed by atoms with van der Waals surface area (Å²) in [6, 6.07) is 19.7. The Morgan fingerprint density at radius 3 is 2.41 bits per heavy atom. The Hall–Kier alpha value is -4.75. The largest absolute Gasteiger partial charge is 0.493 e. The van der Waals surface area contributed by atoms with Gasteiger partial charge in [-0.15, -0.1) is 0 Å². The zero-order chi connectivity index (χ0) is 40.2. The highest BCUT2D eigenvalue weighted by Gasteiger charge is 2.37. The minimum atomic E-state index is -0.329. The predicted molar refractivity (Wildman–Crippen MR) is 223 cm³/mol. The summed E-state index contributed by atoms with van der Waals surface area (Å²) in [4.78, 5) is 50.8. The van der Waals surface area contributed by atoms with Gasteiger partial charge in [-0.25, -0.2) is 9.97 Å². The second kappa shape index (κ2) is 17.2. The molecular weight excluding hydrogens is 774 g/mol. The fourth-order valence-electron chi connectivity index (χ4n) is 8.00. The van der Waals surface area contributed by atoms with Crippen LogP contribution >= 0.6 is 15.9 Å². The van der Waals surface area contributed by atoms with Crippen molar-refractivity contribution in [2.24, 2.45) is 5.41 Å². The lowest BCUT2D eigenvalue weighted by atomic mass is 9.79. The van der Waals surface area contributed by atoms with E-state index >= 15 is 0 Å². The van der Waals surface area contributed by atoms with Crippen LogP contribution in [0.25, 0.3) is 10.9 Å². The lowest BCUT2D eigenvalue weighted by molar-refractivity contribution is -0.134. The minimum absolute atomic E-state index is 0.0153. The van der Waals surface area contributed by atoms with Gasteiger partial charge in [-0.1, -0.05) is 54.0 Å². The molecule has 2 aliphatic heterocycles. The number of hydrogen-bond acceptors (Lipinski definition) is 10. The Kier molecular flexibility index (Phi) is 12.5. The van der Waals surface area contributed by atoms with Crippen molar-refractivity contribution in [3.63, 3.8) is 0 Å². The van der Waals surface area contributed by atoms with Gasteiger partial charge in [-0.3, -0.25) is 24.6 Å². The SMILES string of the molecule is COc1cc2c(N[C@H](C)c3cccc(Br)c3)nc(C)nc2cc1OCC(C)(C)CC(C)(C)N1CCN(C(=O)CNc2ccc(C3CCC(=O)NC3=O)cc2)CC1. The first kappa shape index (κ1) is 40.9. The summed E-state index contributed by atoms with van der Waals surface area (Å²) in [5.41, 5.74) is 3.28. The van der Waals surface area contributed by atoms with Crippen LogP contribution in [0.4, 0.5) is 11.5 Å². The molecule has 13 heteroatoms. The zero-order valence-electron chi connectivity index (χ0n) is 33.5. The molecule has 1 unspecified atom stereocenters. The van der Waals surface area contributed by atoms with Gasteiger partial charge in [0.15, 0.2) is 11.5 Å². The average Bonchev–Trinajstić information content (AvgIpc) is 3.15. The van der Waals surface area contributed by atoms with Gasteiger partial charge in [0.2, 0.25) is 17.7 Å². The Bertz CT molecular complexity index is 2060. The molecule has 298 valence electrons. The number of imide groups is 1. The number of nitrogens with one attached hydrogen (secondary N) is 3. The zero-order valence-corrected chi connectivity index (χ0v) is 35.1. The van der Waals surface area contributed by atoms with Crippen molar-refractivity contribution in [2.45, 2.75) is 78.3 Å². The fraction of sp³-hybridized carbons (Fsp3) is 0.465. The van der Waals surface area contributed by atoms with E-state index in [-0.39, 0.29) is 47.2 Å². The topological polar surface area (TPSA) is 138 Å². The number of carbonyl (C=O) groups is 3. The van der Waals surface area contributed by atoms with E-state index in [0.29, 0.717) is 49.9 Å². The molecule has 4 aromatic rings. The molecule has 12 nitrogen and oxygen atoms in total. The Morgan fingerprint density at radius 1 is 1.00 bits per heavy atom. The summed E-state index contributed by atoms with van der Waals surface area (Å²) < 4.78 is 13.4. The number of piperazine rings is 1. The van der Waals surface area contributed by atoms with Gasteiger partial charge in [-0.05, 0) is 82.0 Å². The molecule has 3 aromatic carbocycles. The first-order valence-corrected chi connectivity index (χ1v) is 20.1. The molecule has 0 bridgehead atoms. The number of aromatic nitrogens is 2. The third-order valence-corrected chi connectivity index (χ3v) is 11.3. The second-order valence-corrected chi connectivity index (χ2v) is 17.3. The molecule has 3 amide bonds. The van der Waals surface area contributed by atoms with E-state index < -0.39 is 0 Å². The normalized spacial score (nSPS) is 17.4. The van der Waals surface area contributed by atoms with Crippen LogP contribution in [0.1, 0.15) is 82.8 Å². The second-order valence-electron chi connectivity index (χ2n) is 16.3. The van der Waals surface area contributed by atoms with Crippen LogP contribution < -0.4 is 25.4 Å². The van der Waals surface area contributed by atoms with Crippen molar-refractivity contribution >= 4 is 56.1 Å². The number of anilines is 2. The quantitative estimate of drug-likeness (QED) is 0.112. The minimum Gasteiger partial charge on any atom is -0.493 e. The molecule has 2 aliphatic rings. The fourth-order valence-corrected chi connectivity index (χ4v) is 8.42. The van der Waals surface area contributed by atoms with Crippen LogP contribution in [-0.2, 0) is 14.4 Å². The molecule has 3 N–H and O–H groups in total. The maximum Gasteiger partial charge on any atom is 0.241 e. The molecule has 3 heterocycles. The maximum absolute atomic E-state index is 13.2. The summed E-state index contributed by atoms with van der Waals surface area (Å²) in [5, 5.41) is 10.1.